The van der Waals surface area contributed by atoms with E-state index >= 15 is 0 Å². The molecule has 11 heavy (non-hydrogen) atoms. The fourth-order valence-electron chi connectivity index (χ4n) is 1.34. The van der Waals surface area contributed by atoms with Crippen LogP contribution in [-0.4, -0.2) is 13.2 Å². The minimum atomic E-state index is -1.85. The lowest BCUT2D eigenvalue weighted by molar-refractivity contribution is 0.139. The summed E-state index contributed by atoms with van der Waals surface area (Å²) in [6, 6.07) is 0. The Morgan fingerprint density at radius 3 is 2.45 bits per heavy atom. The van der Waals surface area contributed by atoms with Gasteiger partial charge in [0.25, 0.3) is 0 Å². The molecule has 4 heteroatoms. The SMILES string of the molecule is CO[P](=O)OC1CCCCC1. The Balaban J connectivity index is 2.19. The standard InChI is InChI=1S/C7H14O3P/c1-9-11(8)10-7-5-3-2-4-6-7/h7H,2-6H2,1H3. The first-order chi connectivity index (χ1) is 5.33. The van der Waals surface area contributed by atoms with Crippen molar-refractivity contribution in [3.63, 3.8) is 0 Å². The van der Waals surface area contributed by atoms with Crippen LogP contribution >= 0.6 is 8.25 Å². The summed E-state index contributed by atoms with van der Waals surface area (Å²) < 4.78 is 20.5. The van der Waals surface area contributed by atoms with Gasteiger partial charge in [-0.15, -0.1) is 0 Å². The van der Waals surface area contributed by atoms with Crippen molar-refractivity contribution >= 4 is 8.25 Å². The largest absolute Gasteiger partial charge is 0.368 e. The van der Waals surface area contributed by atoms with Gasteiger partial charge in [0, 0.05) is 0 Å². The van der Waals surface area contributed by atoms with Gasteiger partial charge in [-0.25, -0.2) is 4.57 Å². The molecule has 1 saturated carbocycles. The van der Waals surface area contributed by atoms with Crippen molar-refractivity contribution < 1.29 is 13.6 Å². The minimum Gasteiger partial charge on any atom is -0.286 e. The summed E-state index contributed by atoms with van der Waals surface area (Å²) in [6.07, 6.45) is 5.90. The van der Waals surface area contributed by atoms with E-state index in [4.69, 9.17) is 4.52 Å². The maximum Gasteiger partial charge on any atom is 0.368 e. The molecule has 0 N–H and O–H groups in total. The summed E-state index contributed by atoms with van der Waals surface area (Å²) in [6.45, 7) is 0. The zero-order valence-electron chi connectivity index (χ0n) is 6.78. The molecule has 65 valence electrons. The lowest BCUT2D eigenvalue weighted by Gasteiger charge is -2.19. The molecule has 0 aromatic carbocycles. The summed E-state index contributed by atoms with van der Waals surface area (Å²) in [5.41, 5.74) is 0. The van der Waals surface area contributed by atoms with E-state index in [2.05, 4.69) is 4.52 Å². The van der Waals surface area contributed by atoms with Gasteiger partial charge in [0.15, 0.2) is 0 Å². The minimum absolute atomic E-state index is 0.173. The van der Waals surface area contributed by atoms with E-state index < -0.39 is 8.25 Å². The highest BCUT2D eigenvalue weighted by molar-refractivity contribution is 7.33. The highest BCUT2D eigenvalue weighted by atomic mass is 31.1. The highest BCUT2D eigenvalue weighted by Gasteiger charge is 2.16. The highest BCUT2D eigenvalue weighted by Crippen LogP contribution is 2.31. The Kier molecular flexibility index (Phi) is 3.98. The molecule has 1 atom stereocenters. The number of rotatable bonds is 3. The molecule has 0 spiro atoms. The van der Waals surface area contributed by atoms with Crippen LogP contribution in [0.2, 0.25) is 0 Å². The Labute approximate surface area is 68.0 Å². The molecule has 3 nitrogen and oxygen atoms in total. The maximum atomic E-state index is 10.8. The maximum absolute atomic E-state index is 10.8. The van der Waals surface area contributed by atoms with Gasteiger partial charge in [0.2, 0.25) is 0 Å². The molecule has 1 unspecified atom stereocenters. The molecule has 1 rings (SSSR count). The molecule has 1 aliphatic carbocycles. The summed E-state index contributed by atoms with van der Waals surface area (Å²) in [4.78, 5) is 0. The molecule has 0 aromatic heterocycles. The van der Waals surface area contributed by atoms with Gasteiger partial charge in [-0.05, 0) is 12.8 Å². The topological polar surface area (TPSA) is 35.5 Å². The summed E-state index contributed by atoms with van der Waals surface area (Å²) >= 11 is 0. The van der Waals surface area contributed by atoms with Gasteiger partial charge in [-0.3, -0.25) is 9.05 Å². The van der Waals surface area contributed by atoms with Crippen LogP contribution in [-0.2, 0) is 13.6 Å². The van der Waals surface area contributed by atoms with E-state index in [1.165, 1.54) is 26.4 Å². The van der Waals surface area contributed by atoms with E-state index in [9.17, 15) is 4.57 Å². The number of hydrogen-bond acceptors (Lipinski definition) is 3. The van der Waals surface area contributed by atoms with Crippen LogP contribution in [0.15, 0.2) is 0 Å². The average molecular weight is 177 g/mol. The van der Waals surface area contributed by atoms with Gasteiger partial charge < -0.3 is 0 Å². The first-order valence-electron chi connectivity index (χ1n) is 4.01. The van der Waals surface area contributed by atoms with Gasteiger partial charge >= 0.3 is 8.25 Å². The third-order valence-electron chi connectivity index (χ3n) is 1.94. The van der Waals surface area contributed by atoms with Crippen LogP contribution in [0, 0.1) is 0 Å². The lowest BCUT2D eigenvalue weighted by atomic mass is 9.98. The molecule has 0 aliphatic heterocycles. The molecule has 1 fully saturated rings. The van der Waals surface area contributed by atoms with Crippen molar-refractivity contribution in [2.45, 2.75) is 38.2 Å². The molecule has 0 aromatic rings. The van der Waals surface area contributed by atoms with E-state index in [0.29, 0.717) is 0 Å². The van der Waals surface area contributed by atoms with E-state index in [0.717, 1.165) is 12.8 Å². The Morgan fingerprint density at radius 1 is 1.27 bits per heavy atom. The van der Waals surface area contributed by atoms with Crippen LogP contribution in [0.5, 0.6) is 0 Å². The lowest BCUT2D eigenvalue weighted by Crippen LogP contribution is -2.13. The van der Waals surface area contributed by atoms with E-state index in [1.807, 2.05) is 0 Å². The third-order valence-corrected chi connectivity index (χ3v) is 2.70. The Bertz CT molecular complexity index is 132. The van der Waals surface area contributed by atoms with Crippen LogP contribution in [0.25, 0.3) is 0 Å². The second-order valence-electron chi connectivity index (χ2n) is 2.77. The fraction of sp³-hybridized carbons (Fsp3) is 1.00. The zero-order valence-corrected chi connectivity index (χ0v) is 7.68. The van der Waals surface area contributed by atoms with Crippen molar-refractivity contribution in [2.24, 2.45) is 0 Å². The third kappa shape index (κ3) is 3.28. The van der Waals surface area contributed by atoms with Crippen LogP contribution in [0.4, 0.5) is 0 Å². The van der Waals surface area contributed by atoms with Crippen LogP contribution in [0.1, 0.15) is 32.1 Å². The quantitative estimate of drug-likeness (QED) is 0.621. The molecule has 0 heterocycles. The normalized spacial score (nSPS) is 21.7. The van der Waals surface area contributed by atoms with Crippen LogP contribution in [0.3, 0.4) is 0 Å². The Morgan fingerprint density at radius 2 is 1.91 bits per heavy atom. The van der Waals surface area contributed by atoms with Crippen molar-refractivity contribution in [3.8, 4) is 0 Å². The molecule has 0 amide bonds. The predicted molar refractivity (Wildman–Crippen MR) is 42.6 cm³/mol. The summed E-state index contributed by atoms with van der Waals surface area (Å²) in [5.74, 6) is 0. The summed E-state index contributed by atoms with van der Waals surface area (Å²) in [7, 11) is -0.447. The van der Waals surface area contributed by atoms with Gasteiger partial charge in [-0.1, -0.05) is 19.3 Å². The molecule has 1 aliphatic rings. The van der Waals surface area contributed by atoms with Gasteiger partial charge in [-0.2, -0.15) is 0 Å². The molecule has 0 saturated heterocycles. The van der Waals surface area contributed by atoms with Crippen molar-refractivity contribution in [1.29, 1.82) is 0 Å². The number of hydrogen-bond donors (Lipinski definition) is 0. The predicted octanol–water partition coefficient (Wildman–Crippen LogP) is 2.64. The first-order valence-corrected chi connectivity index (χ1v) is 5.10. The van der Waals surface area contributed by atoms with E-state index in [1.54, 1.807) is 0 Å². The summed E-state index contributed by atoms with van der Waals surface area (Å²) in [5, 5.41) is 0. The smallest absolute Gasteiger partial charge is 0.286 e. The monoisotopic (exact) mass is 177 g/mol. The van der Waals surface area contributed by atoms with Gasteiger partial charge in [0.1, 0.15) is 0 Å². The molecular formula is C7H14O3P. The average Bonchev–Trinajstić information content (AvgIpc) is 2.06. The first kappa shape index (κ1) is 9.11. The van der Waals surface area contributed by atoms with Crippen molar-refractivity contribution in [1.82, 2.24) is 0 Å². The second-order valence-corrected chi connectivity index (χ2v) is 3.79. The van der Waals surface area contributed by atoms with Crippen molar-refractivity contribution in [2.75, 3.05) is 7.11 Å². The zero-order chi connectivity index (χ0) is 8.10. The van der Waals surface area contributed by atoms with E-state index in [-0.39, 0.29) is 6.10 Å². The van der Waals surface area contributed by atoms with Crippen LogP contribution < -0.4 is 0 Å². The Hall–Kier alpha value is 0.0200. The molecule has 0 bridgehead atoms. The fourth-order valence-corrected chi connectivity index (χ4v) is 1.88. The second kappa shape index (κ2) is 4.81. The van der Waals surface area contributed by atoms with Crippen molar-refractivity contribution in [3.05, 3.63) is 0 Å². The van der Waals surface area contributed by atoms with Gasteiger partial charge in [0.05, 0.1) is 13.2 Å². The molecule has 1 radical (unpaired) electrons. The molecular weight excluding hydrogens is 163 g/mol.